The minimum Gasteiger partial charge on any atom is -0.431 e. The number of rotatable bonds is 0. The lowest BCUT2D eigenvalue weighted by atomic mass is 10.4. The van der Waals surface area contributed by atoms with Crippen LogP contribution in [0, 0.1) is 12.0 Å². The third-order valence-corrected chi connectivity index (χ3v) is 1.40. The van der Waals surface area contributed by atoms with Crippen molar-refractivity contribution in [1.29, 1.82) is 0 Å². The highest BCUT2D eigenvalue weighted by atomic mass is 16.6. The van der Waals surface area contributed by atoms with Crippen LogP contribution in [-0.2, 0) is 4.74 Å². The van der Waals surface area contributed by atoms with Crippen LogP contribution >= 0.6 is 0 Å². The molecule has 13 heavy (non-hydrogen) atoms. The monoisotopic (exact) mass is 182 g/mol. The molecule has 0 aliphatic carbocycles. The molecule has 0 saturated carbocycles. The standard InChI is InChI=1S/C7H10N4O2/c1-11-4-5(13-7(11)12)2-3-10-6(8)9/h5H,4H2,1H3,(H4,8,9,10). The maximum atomic E-state index is 10.8. The van der Waals surface area contributed by atoms with Crippen molar-refractivity contribution in [3.63, 3.8) is 0 Å². The first kappa shape index (κ1) is 9.19. The summed E-state index contributed by atoms with van der Waals surface area (Å²) < 4.78 is 4.82. The van der Waals surface area contributed by atoms with Crippen LogP contribution in [0.2, 0.25) is 0 Å². The number of guanidine groups is 1. The highest BCUT2D eigenvalue weighted by molar-refractivity contribution is 5.76. The fourth-order valence-electron chi connectivity index (χ4n) is 0.816. The van der Waals surface area contributed by atoms with Crippen molar-refractivity contribution in [2.45, 2.75) is 6.10 Å². The maximum absolute atomic E-state index is 10.8. The van der Waals surface area contributed by atoms with E-state index in [9.17, 15) is 4.79 Å². The number of nitrogens with zero attached hydrogens (tertiary/aromatic N) is 2. The van der Waals surface area contributed by atoms with Gasteiger partial charge in [-0.25, -0.2) is 4.79 Å². The van der Waals surface area contributed by atoms with Crippen molar-refractivity contribution in [3.8, 4) is 12.0 Å². The zero-order valence-electron chi connectivity index (χ0n) is 7.15. The number of ether oxygens (including phenoxy) is 1. The predicted octanol–water partition coefficient (Wildman–Crippen LogP) is -1.33. The van der Waals surface area contributed by atoms with E-state index in [0.29, 0.717) is 6.54 Å². The minimum atomic E-state index is -0.444. The molecule has 1 aliphatic rings. The van der Waals surface area contributed by atoms with Gasteiger partial charge in [0.2, 0.25) is 0 Å². The van der Waals surface area contributed by atoms with Crippen LogP contribution in [0.3, 0.4) is 0 Å². The molecule has 0 spiro atoms. The van der Waals surface area contributed by atoms with Gasteiger partial charge in [0.1, 0.15) is 0 Å². The van der Waals surface area contributed by atoms with Gasteiger partial charge in [0.25, 0.3) is 0 Å². The Hall–Kier alpha value is -1.90. The first-order valence-electron chi connectivity index (χ1n) is 3.60. The largest absolute Gasteiger partial charge is 0.431 e. The Morgan fingerprint density at radius 2 is 2.46 bits per heavy atom. The van der Waals surface area contributed by atoms with E-state index in [1.165, 1.54) is 4.90 Å². The van der Waals surface area contributed by atoms with E-state index < -0.39 is 6.10 Å². The van der Waals surface area contributed by atoms with Gasteiger partial charge in [-0.3, -0.25) is 0 Å². The molecule has 6 heteroatoms. The molecule has 1 rings (SSSR count). The summed E-state index contributed by atoms with van der Waals surface area (Å²) in [5.41, 5.74) is 10.1. The molecular formula is C7H10N4O2. The normalized spacial score (nSPS) is 20.2. The van der Waals surface area contributed by atoms with Crippen LogP contribution in [0.5, 0.6) is 0 Å². The number of cyclic esters (lactones) is 1. The first-order chi connectivity index (χ1) is 6.09. The van der Waals surface area contributed by atoms with Crippen LogP contribution in [0.25, 0.3) is 0 Å². The van der Waals surface area contributed by atoms with Crippen LogP contribution < -0.4 is 11.5 Å². The number of aliphatic imine (C=N–C) groups is 1. The van der Waals surface area contributed by atoms with Gasteiger partial charge in [-0.1, -0.05) is 0 Å². The quantitative estimate of drug-likeness (QED) is 0.276. The van der Waals surface area contributed by atoms with Gasteiger partial charge >= 0.3 is 6.09 Å². The minimum absolute atomic E-state index is 0.106. The molecule has 4 N–H and O–H groups in total. The SMILES string of the molecule is CN1CC(C#CN=C(N)N)OC1=O. The van der Waals surface area contributed by atoms with Crippen molar-refractivity contribution in [3.05, 3.63) is 0 Å². The van der Waals surface area contributed by atoms with Gasteiger partial charge in [-0.15, -0.1) is 0 Å². The molecule has 1 aliphatic heterocycles. The molecule has 1 amide bonds. The summed E-state index contributed by atoms with van der Waals surface area (Å²) in [6, 6.07) is 2.35. The molecule has 0 aromatic heterocycles. The summed E-state index contributed by atoms with van der Waals surface area (Å²) in [4.78, 5) is 15.7. The fraction of sp³-hybridized carbons (Fsp3) is 0.429. The molecule has 1 heterocycles. The Morgan fingerprint density at radius 1 is 1.77 bits per heavy atom. The van der Waals surface area contributed by atoms with Gasteiger partial charge in [-0.2, -0.15) is 4.99 Å². The lowest BCUT2D eigenvalue weighted by Crippen LogP contribution is -2.22. The number of hydrogen-bond acceptors (Lipinski definition) is 3. The average molecular weight is 182 g/mol. The Kier molecular flexibility index (Phi) is 2.59. The topological polar surface area (TPSA) is 93.9 Å². The zero-order valence-corrected chi connectivity index (χ0v) is 7.15. The van der Waals surface area contributed by atoms with Crippen molar-refractivity contribution < 1.29 is 9.53 Å². The summed E-state index contributed by atoms with van der Waals surface area (Å²) in [5.74, 6) is 2.49. The van der Waals surface area contributed by atoms with E-state index in [-0.39, 0.29) is 12.1 Å². The Bertz CT molecular complexity index is 297. The summed E-state index contributed by atoms with van der Waals surface area (Å²) in [5, 5.41) is 0. The molecule has 1 saturated heterocycles. The predicted molar refractivity (Wildman–Crippen MR) is 46.5 cm³/mol. The smallest absolute Gasteiger partial charge is 0.410 e. The number of carbonyl (C=O) groups excluding carboxylic acids is 1. The number of carbonyl (C=O) groups is 1. The molecule has 6 nitrogen and oxygen atoms in total. The number of amides is 1. The van der Waals surface area contributed by atoms with E-state index >= 15 is 0 Å². The van der Waals surface area contributed by atoms with E-state index in [1.807, 2.05) is 0 Å². The summed E-state index contributed by atoms with van der Waals surface area (Å²) in [7, 11) is 1.63. The van der Waals surface area contributed by atoms with Crippen LogP contribution in [0.15, 0.2) is 4.99 Å². The van der Waals surface area contributed by atoms with Gasteiger partial charge < -0.3 is 21.1 Å². The molecular weight excluding hydrogens is 172 g/mol. The third kappa shape index (κ3) is 2.56. The van der Waals surface area contributed by atoms with Gasteiger partial charge in [-0.05, 0) is 5.92 Å². The van der Waals surface area contributed by atoms with Crippen molar-refractivity contribution in [2.24, 2.45) is 16.5 Å². The second-order valence-corrected chi connectivity index (χ2v) is 2.55. The van der Waals surface area contributed by atoms with Crippen molar-refractivity contribution in [2.75, 3.05) is 13.6 Å². The first-order valence-corrected chi connectivity index (χ1v) is 3.60. The van der Waals surface area contributed by atoms with E-state index in [1.54, 1.807) is 7.05 Å². The summed E-state index contributed by atoms with van der Waals surface area (Å²) in [6.07, 6.45) is -0.829. The lowest BCUT2D eigenvalue weighted by molar-refractivity contribution is 0.151. The third-order valence-electron chi connectivity index (χ3n) is 1.40. The molecule has 0 bridgehead atoms. The van der Waals surface area contributed by atoms with Crippen LogP contribution in [0.4, 0.5) is 4.79 Å². The number of likely N-dealkylation sites (N-methyl/N-ethyl adjacent to an activating group) is 1. The van der Waals surface area contributed by atoms with E-state index in [2.05, 4.69) is 17.0 Å². The molecule has 1 atom stereocenters. The van der Waals surface area contributed by atoms with Gasteiger partial charge in [0, 0.05) is 13.1 Å². The Balaban J connectivity index is 2.52. The van der Waals surface area contributed by atoms with Crippen molar-refractivity contribution in [1.82, 2.24) is 4.90 Å². The molecule has 1 unspecified atom stereocenters. The maximum Gasteiger partial charge on any atom is 0.410 e. The molecule has 70 valence electrons. The van der Waals surface area contributed by atoms with Gasteiger partial charge in [0.05, 0.1) is 6.54 Å². The highest BCUT2D eigenvalue weighted by Crippen LogP contribution is 2.06. The van der Waals surface area contributed by atoms with E-state index in [4.69, 9.17) is 16.2 Å². The summed E-state index contributed by atoms with van der Waals surface area (Å²) in [6.45, 7) is 0.436. The summed E-state index contributed by atoms with van der Waals surface area (Å²) >= 11 is 0. The Labute approximate surface area is 75.5 Å². The average Bonchev–Trinajstić information content (AvgIpc) is 2.30. The lowest BCUT2D eigenvalue weighted by Gasteiger charge is -1.99. The van der Waals surface area contributed by atoms with Gasteiger partial charge in [0.15, 0.2) is 12.1 Å². The van der Waals surface area contributed by atoms with Crippen molar-refractivity contribution >= 4 is 12.1 Å². The number of nitrogens with two attached hydrogens (primary N) is 2. The molecule has 1 fully saturated rings. The molecule has 0 aromatic carbocycles. The van der Waals surface area contributed by atoms with Crippen LogP contribution in [-0.4, -0.2) is 36.6 Å². The zero-order chi connectivity index (χ0) is 9.84. The molecule has 0 aromatic rings. The Morgan fingerprint density at radius 3 is 2.92 bits per heavy atom. The van der Waals surface area contributed by atoms with E-state index in [0.717, 1.165) is 0 Å². The fourth-order valence-corrected chi connectivity index (χ4v) is 0.816. The second-order valence-electron chi connectivity index (χ2n) is 2.55. The van der Waals surface area contributed by atoms with Crippen LogP contribution in [0.1, 0.15) is 0 Å². The highest BCUT2D eigenvalue weighted by Gasteiger charge is 2.26. The second kappa shape index (κ2) is 3.67. The molecule has 0 radical (unpaired) electrons. The number of hydrogen-bond donors (Lipinski definition) is 2.